The summed E-state index contributed by atoms with van der Waals surface area (Å²) in [5, 5.41) is 8.28. The first-order valence-corrected chi connectivity index (χ1v) is 7.30. The van der Waals surface area contributed by atoms with Crippen LogP contribution in [0.3, 0.4) is 0 Å². The first kappa shape index (κ1) is 16.4. The molecule has 0 bridgehead atoms. The number of halogens is 2. The van der Waals surface area contributed by atoms with Crippen molar-refractivity contribution in [1.82, 2.24) is 16.0 Å². The Kier molecular flexibility index (Phi) is 5.83. The predicted octanol–water partition coefficient (Wildman–Crippen LogP) is 0.810. The lowest BCUT2D eigenvalue weighted by Crippen LogP contribution is -2.41. The lowest BCUT2D eigenvalue weighted by molar-refractivity contribution is -0.125. The molecule has 2 amide bonds. The van der Waals surface area contributed by atoms with Crippen molar-refractivity contribution in [1.29, 1.82) is 0 Å². The molecule has 22 heavy (non-hydrogen) atoms. The highest BCUT2D eigenvalue weighted by Crippen LogP contribution is 2.12. The van der Waals surface area contributed by atoms with Gasteiger partial charge in [-0.25, -0.2) is 8.78 Å². The molecule has 2 rings (SSSR count). The van der Waals surface area contributed by atoms with Crippen LogP contribution in [0.15, 0.2) is 18.2 Å². The van der Waals surface area contributed by atoms with E-state index in [2.05, 4.69) is 16.0 Å². The van der Waals surface area contributed by atoms with E-state index in [4.69, 9.17) is 0 Å². The maximum atomic E-state index is 13.4. The predicted molar refractivity (Wildman–Crippen MR) is 77.3 cm³/mol. The number of carbonyl (C=O) groups is 2. The van der Waals surface area contributed by atoms with Crippen LogP contribution in [0.1, 0.15) is 23.2 Å². The van der Waals surface area contributed by atoms with Crippen molar-refractivity contribution >= 4 is 11.8 Å². The third-order valence-electron chi connectivity index (χ3n) is 3.61. The van der Waals surface area contributed by atoms with Crippen LogP contribution in [0.4, 0.5) is 8.78 Å². The Hall–Kier alpha value is -2.02. The molecule has 0 saturated carbocycles. The van der Waals surface area contributed by atoms with Gasteiger partial charge in [-0.15, -0.1) is 0 Å². The van der Waals surface area contributed by atoms with E-state index in [1.807, 2.05) is 0 Å². The monoisotopic (exact) mass is 311 g/mol. The van der Waals surface area contributed by atoms with Gasteiger partial charge in [0.15, 0.2) is 0 Å². The van der Waals surface area contributed by atoms with E-state index < -0.39 is 23.1 Å². The van der Waals surface area contributed by atoms with Crippen LogP contribution in [0, 0.1) is 17.6 Å². The second kappa shape index (κ2) is 7.84. The molecule has 1 saturated heterocycles. The summed E-state index contributed by atoms with van der Waals surface area (Å²) in [7, 11) is 0. The minimum Gasteiger partial charge on any atom is -0.354 e. The Morgan fingerprint density at radius 3 is 2.32 bits per heavy atom. The van der Waals surface area contributed by atoms with E-state index in [-0.39, 0.29) is 24.9 Å². The number of hydrogen-bond acceptors (Lipinski definition) is 3. The van der Waals surface area contributed by atoms with Crippen molar-refractivity contribution in [3.63, 3.8) is 0 Å². The largest absolute Gasteiger partial charge is 0.354 e. The average Bonchev–Trinajstić information content (AvgIpc) is 2.52. The van der Waals surface area contributed by atoms with Gasteiger partial charge in [0.1, 0.15) is 17.2 Å². The van der Waals surface area contributed by atoms with Crippen molar-refractivity contribution in [2.75, 3.05) is 26.2 Å². The molecule has 3 N–H and O–H groups in total. The minimum absolute atomic E-state index is 0.0130. The molecule has 1 fully saturated rings. The lowest BCUT2D eigenvalue weighted by Gasteiger charge is -2.21. The average molecular weight is 311 g/mol. The standard InChI is InChI=1S/C15H19F2N3O2/c16-11-2-1-3-12(17)13(11)15(22)20-9-8-19-14(21)10-4-6-18-7-5-10/h1-3,10,18H,4-9H2,(H,19,21)(H,20,22). The maximum Gasteiger partial charge on any atom is 0.257 e. The molecule has 1 aromatic carbocycles. The molecular weight excluding hydrogens is 292 g/mol. The van der Waals surface area contributed by atoms with Crippen molar-refractivity contribution in [2.24, 2.45) is 5.92 Å². The van der Waals surface area contributed by atoms with Crippen LogP contribution < -0.4 is 16.0 Å². The molecule has 7 heteroatoms. The van der Waals surface area contributed by atoms with E-state index in [0.29, 0.717) is 0 Å². The Bertz CT molecular complexity index is 525. The Balaban J connectivity index is 1.74. The van der Waals surface area contributed by atoms with Gasteiger partial charge in [-0.2, -0.15) is 0 Å². The number of nitrogens with one attached hydrogen (secondary N) is 3. The normalized spacial score (nSPS) is 15.4. The molecule has 0 spiro atoms. The molecular formula is C15H19F2N3O2. The molecule has 0 atom stereocenters. The minimum atomic E-state index is -0.906. The van der Waals surface area contributed by atoms with Crippen LogP contribution in [0.25, 0.3) is 0 Å². The molecule has 0 aliphatic carbocycles. The number of hydrogen-bond donors (Lipinski definition) is 3. The highest BCUT2D eigenvalue weighted by molar-refractivity contribution is 5.94. The number of rotatable bonds is 5. The molecule has 1 aliphatic rings. The van der Waals surface area contributed by atoms with Crippen LogP contribution in [0.2, 0.25) is 0 Å². The van der Waals surface area contributed by atoms with E-state index in [0.717, 1.165) is 38.1 Å². The van der Waals surface area contributed by atoms with Crippen molar-refractivity contribution < 1.29 is 18.4 Å². The second-order valence-corrected chi connectivity index (χ2v) is 5.17. The molecule has 5 nitrogen and oxygen atoms in total. The third-order valence-corrected chi connectivity index (χ3v) is 3.61. The van der Waals surface area contributed by atoms with E-state index in [1.54, 1.807) is 0 Å². The Morgan fingerprint density at radius 2 is 1.68 bits per heavy atom. The Labute approximate surface area is 127 Å². The van der Waals surface area contributed by atoms with Crippen LogP contribution in [-0.4, -0.2) is 38.0 Å². The summed E-state index contributed by atoms with van der Waals surface area (Å²) in [4.78, 5) is 23.6. The van der Waals surface area contributed by atoms with Crippen molar-refractivity contribution in [3.8, 4) is 0 Å². The smallest absolute Gasteiger partial charge is 0.257 e. The van der Waals surface area contributed by atoms with Gasteiger partial charge >= 0.3 is 0 Å². The number of amides is 2. The quantitative estimate of drug-likeness (QED) is 0.705. The van der Waals surface area contributed by atoms with Crippen molar-refractivity contribution in [2.45, 2.75) is 12.8 Å². The van der Waals surface area contributed by atoms with Crippen LogP contribution in [0.5, 0.6) is 0 Å². The number of benzene rings is 1. The van der Waals surface area contributed by atoms with E-state index >= 15 is 0 Å². The summed E-state index contributed by atoms with van der Waals surface area (Å²) in [5.74, 6) is -2.70. The van der Waals surface area contributed by atoms with Gasteiger partial charge in [-0.05, 0) is 38.1 Å². The molecule has 0 unspecified atom stereocenters. The summed E-state index contributed by atoms with van der Waals surface area (Å²) in [6, 6.07) is 3.24. The van der Waals surface area contributed by atoms with E-state index in [1.165, 1.54) is 6.07 Å². The van der Waals surface area contributed by atoms with Gasteiger partial charge in [0.05, 0.1) is 0 Å². The van der Waals surface area contributed by atoms with Gasteiger partial charge in [0.25, 0.3) is 5.91 Å². The SMILES string of the molecule is O=C(NCCNC(=O)C1CCNCC1)c1c(F)cccc1F. The van der Waals surface area contributed by atoms with Gasteiger partial charge in [0.2, 0.25) is 5.91 Å². The second-order valence-electron chi connectivity index (χ2n) is 5.17. The first-order valence-electron chi connectivity index (χ1n) is 7.30. The summed E-state index contributed by atoms with van der Waals surface area (Å²) in [5.41, 5.74) is -0.604. The van der Waals surface area contributed by atoms with Gasteiger partial charge < -0.3 is 16.0 Å². The molecule has 120 valence electrons. The highest BCUT2D eigenvalue weighted by atomic mass is 19.1. The van der Waals surface area contributed by atoms with E-state index in [9.17, 15) is 18.4 Å². The zero-order valence-electron chi connectivity index (χ0n) is 12.1. The van der Waals surface area contributed by atoms with Crippen LogP contribution in [-0.2, 0) is 4.79 Å². The topological polar surface area (TPSA) is 70.2 Å². The fourth-order valence-electron chi connectivity index (χ4n) is 2.39. The zero-order valence-corrected chi connectivity index (χ0v) is 12.1. The number of carbonyl (C=O) groups excluding carboxylic acids is 2. The molecule has 0 radical (unpaired) electrons. The molecule has 1 aliphatic heterocycles. The highest BCUT2D eigenvalue weighted by Gasteiger charge is 2.20. The summed E-state index contributed by atoms with van der Waals surface area (Å²) in [6.45, 7) is 1.98. The summed E-state index contributed by atoms with van der Waals surface area (Å²) in [6.07, 6.45) is 1.58. The fraction of sp³-hybridized carbons (Fsp3) is 0.467. The van der Waals surface area contributed by atoms with Gasteiger partial charge in [0, 0.05) is 19.0 Å². The van der Waals surface area contributed by atoms with Gasteiger partial charge in [-0.3, -0.25) is 9.59 Å². The third kappa shape index (κ3) is 4.24. The van der Waals surface area contributed by atoms with Crippen LogP contribution >= 0.6 is 0 Å². The lowest BCUT2D eigenvalue weighted by atomic mass is 9.97. The molecule has 0 aromatic heterocycles. The number of piperidine rings is 1. The van der Waals surface area contributed by atoms with Crippen molar-refractivity contribution in [3.05, 3.63) is 35.4 Å². The molecule has 1 aromatic rings. The van der Waals surface area contributed by atoms with Gasteiger partial charge in [-0.1, -0.05) is 6.07 Å². The Morgan fingerprint density at radius 1 is 1.09 bits per heavy atom. The maximum absolute atomic E-state index is 13.4. The molecule has 1 heterocycles. The first-order chi connectivity index (χ1) is 10.6. The summed E-state index contributed by atoms with van der Waals surface area (Å²) >= 11 is 0. The zero-order chi connectivity index (χ0) is 15.9. The summed E-state index contributed by atoms with van der Waals surface area (Å²) < 4.78 is 26.8. The fourth-order valence-corrected chi connectivity index (χ4v) is 2.39.